The lowest BCUT2D eigenvalue weighted by molar-refractivity contribution is 0.183. The van der Waals surface area contributed by atoms with Gasteiger partial charge in [-0.25, -0.2) is 0 Å². The van der Waals surface area contributed by atoms with E-state index in [0.29, 0.717) is 17.7 Å². The molecule has 0 aromatic heterocycles. The molecule has 0 amide bonds. The van der Waals surface area contributed by atoms with Crippen LogP contribution in [0.2, 0.25) is 0 Å². The molecule has 1 saturated heterocycles. The monoisotopic (exact) mass is 257 g/mol. The van der Waals surface area contributed by atoms with Gasteiger partial charge in [0.1, 0.15) is 5.75 Å². The van der Waals surface area contributed by atoms with Gasteiger partial charge in [-0.15, -0.1) is 0 Å². The molecule has 1 heterocycles. The van der Waals surface area contributed by atoms with Crippen LogP contribution in [-0.2, 0) is 4.74 Å². The van der Waals surface area contributed by atoms with Gasteiger partial charge in [-0.1, -0.05) is 24.3 Å². The highest BCUT2D eigenvalue weighted by Gasteiger charge is 2.22. The first-order valence-corrected chi connectivity index (χ1v) is 6.80. The van der Waals surface area contributed by atoms with E-state index < -0.39 is 0 Å². The second-order valence-electron chi connectivity index (χ2n) is 5.23. The highest BCUT2D eigenvalue weighted by Crippen LogP contribution is 2.31. The number of rotatable bonds is 3. The summed E-state index contributed by atoms with van der Waals surface area (Å²) in [6.07, 6.45) is 1.12. The highest BCUT2D eigenvalue weighted by atomic mass is 16.5. The molecule has 2 atom stereocenters. The van der Waals surface area contributed by atoms with Crippen molar-refractivity contribution in [2.24, 2.45) is 5.92 Å². The minimum absolute atomic E-state index is 0.331. The van der Waals surface area contributed by atoms with Crippen molar-refractivity contribution in [3.8, 4) is 5.75 Å². The molecular formula is C16H19NO2. The molecule has 0 spiro atoms. The minimum Gasteiger partial charge on any atom is -0.507 e. The van der Waals surface area contributed by atoms with Crippen molar-refractivity contribution < 1.29 is 9.84 Å². The molecule has 1 aliphatic rings. The number of nitrogens with one attached hydrogen (secondary N) is 1. The summed E-state index contributed by atoms with van der Waals surface area (Å²) in [6.45, 7) is 3.90. The molecule has 0 radical (unpaired) electrons. The molecule has 2 unspecified atom stereocenters. The number of hydrogen-bond donors (Lipinski definition) is 2. The van der Waals surface area contributed by atoms with Gasteiger partial charge in [0, 0.05) is 35.0 Å². The Kier molecular flexibility index (Phi) is 3.30. The van der Waals surface area contributed by atoms with E-state index in [1.54, 1.807) is 6.07 Å². The molecule has 1 aliphatic heterocycles. The molecule has 0 saturated carbocycles. The van der Waals surface area contributed by atoms with E-state index in [2.05, 4.69) is 18.3 Å². The zero-order valence-electron chi connectivity index (χ0n) is 11.1. The van der Waals surface area contributed by atoms with Crippen LogP contribution in [0.4, 0.5) is 5.69 Å². The number of anilines is 1. The van der Waals surface area contributed by atoms with Crippen LogP contribution in [0.15, 0.2) is 36.4 Å². The summed E-state index contributed by atoms with van der Waals surface area (Å²) in [5.74, 6) is 0.894. The van der Waals surface area contributed by atoms with E-state index in [1.807, 2.05) is 24.3 Å². The summed E-state index contributed by atoms with van der Waals surface area (Å²) < 4.78 is 5.44. The van der Waals surface area contributed by atoms with E-state index in [0.717, 1.165) is 36.1 Å². The fourth-order valence-electron chi connectivity index (χ4n) is 2.73. The Morgan fingerprint density at radius 1 is 1.21 bits per heavy atom. The Balaban J connectivity index is 1.90. The molecule has 0 bridgehead atoms. The Hall–Kier alpha value is -1.74. The summed E-state index contributed by atoms with van der Waals surface area (Å²) in [4.78, 5) is 0. The highest BCUT2D eigenvalue weighted by molar-refractivity contribution is 5.97. The smallest absolute Gasteiger partial charge is 0.123 e. The van der Waals surface area contributed by atoms with Crippen molar-refractivity contribution >= 4 is 16.5 Å². The quantitative estimate of drug-likeness (QED) is 0.885. The summed E-state index contributed by atoms with van der Waals surface area (Å²) >= 11 is 0. The lowest BCUT2D eigenvalue weighted by atomic mass is 9.99. The predicted octanol–water partition coefficient (Wildman–Crippen LogP) is 3.38. The van der Waals surface area contributed by atoms with Crippen LogP contribution in [-0.4, -0.2) is 24.4 Å². The van der Waals surface area contributed by atoms with Crippen molar-refractivity contribution in [2.75, 3.05) is 18.5 Å². The molecule has 100 valence electrons. The largest absolute Gasteiger partial charge is 0.507 e. The molecule has 3 nitrogen and oxygen atoms in total. The van der Waals surface area contributed by atoms with E-state index in [9.17, 15) is 5.11 Å². The van der Waals surface area contributed by atoms with E-state index in [-0.39, 0.29) is 0 Å². The van der Waals surface area contributed by atoms with E-state index in [1.165, 1.54) is 0 Å². The normalized spacial score (nSPS) is 20.6. The summed E-state index contributed by atoms with van der Waals surface area (Å²) in [5, 5.41) is 15.4. The van der Waals surface area contributed by atoms with Gasteiger partial charge in [0.2, 0.25) is 0 Å². The van der Waals surface area contributed by atoms with Gasteiger partial charge in [-0.3, -0.25) is 0 Å². The number of benzene rings is 2. The van der Waals surface area contributed by atoms with Gasteiger partial charge < -0.3 is 15.2 Å². The van der Waals surface area contributed by atoms with Crippen molar-refractivity contribution in [1.29, 1.82) is 0 Å². The van der Waals surface area contributed by atoms with Crippen molar-refractivity contribution in [3.05, 3.63) is 36.4 Å². The Labute approximate surface area is 113 Å². The Bertz CT molecular complexity index is 576. The Morgan fingerprint density at radius 3 is 2.79 bits per heavy atom. The number of phenolic OH excluding ortho intramolecular Hbond substituents is 1. The third-order valence-corrected chi connectivity index (χ3v) is 3.95. The van der Waals surface area contributed by atoms with Gasteiger partial charge in [-0.05, 0) is 25.5 Å². The fourth-order valence-corrected chi connectivity index (χ4v) is 2.73. The maximum atomic E-state index is 9.89. The van der Waals surface area contributed by atoms with Crippen LogP contribution < -0.4 is 5.32 Å². The molecule has 3 rings (SSSR count). The average molecular weight is 257 g/mol. The molecule has 2 aromatic rings. The number of ether oxygens (including phenoxy) is 1. The van der Waals surface area contributed by atoms with Gasteiger partial charge in [0.05, 0.1) is 6.61 Å². The summed E-state index contributed by atoms with van der Waals surface area (Å²) in [5.41, 5.74) is 1.08. The van der Waals surface area contributed by atoms with Crippen molar-refractivity contribution in [2.45, 2.75) is 19.4 Å². The topological polar surface area (TPSA) is 41.5 Å². The van der Waals surface area contributed by atoms with Crippen LogP contribution in [0.5, 0.6) is 5.75 Å². The molecule has 2 N–H and O–H groups in total. The first-order valence-electron chi connectivity index (χ1n) is 6.80. The third-order valence-electron chi connectivity index (χ3n) is 3.95. The van der Waals surface area contributed by atoms with E-state index in [4.69, 9.17) is 4.74 Å². The average Bonchev–Trinajstić information content (AvgIpc) is 2.94. The van der Waals surface area contributed by atoms with Gasteiger partial charge in [0.25, 0.3) is 0 Å². The SMILES string of the molecule is CC(Nc1cccc2c(O)cccc12)C1CCOC1. The minimum atomic E-state index is 0.331. The van der Waals surface area contributed by atoms with Gasteiger partial charge in [0.15, 0.2) is 0 Å². The number of aromatic hydroxyl groups is 1. The van der Waals surface area contributed by atoms with Gasteiger partial charge >= 0.3 is 0 Å². The maximum Gasteiger partial charge on any atom is 0.123 e. The first kappa shape index (κ1) is 12.3. The second kappa shape index (κ2) is 5.10. The van der Waals surface area contributed by atoms with E-state index >= 15 is 0 Å². The second-order valence-corrected chi connectivity index (χ2v) is 5.23. The maximum absolute atomic E-state index is 9.89. The van der Waals surface area contributed by atoms with Crippen molar-refractivity contribution in [1.82, 2.24) is 0 Å². The lowest BCUT2D eigenvalue weighted by Gasteiger charge is -2.21. The number of phenols is 1. The van der Waals surface area contributed by atoms with Gasteiger partial charge in [-0.2, -0.15) is 0 Å². The predicted molar refractivity (Wildman–Crippen MR) is 77.6 cm³/mol. The first-order chi connectivity index (χ1) is 9.25. The van der Waals surface area contributed by atoms with Crippen LogP contribution in [0.3, 0.4) is 0 Å². The van der Waals surface area contributed by atoms with Crippen molar-refractivity contribution in [3.63, 3.8) is 0 Å². The Morgan fingerprint density at radius 2 is 2.00 bits per heavy atom. The zero-order valence-corrected chi connectivity index (χ0v) is 11.1. The standard InChI is InChI=1S/C16H19NO2/c1-11(12-8-9-19-10-12)17-15-6-2-5-14-13(15)4-3-7-16(14)18/h2-7,11-12,17-18H,8-10H2,1H3. The van der Waals surface area contributed by atoms with Crippen LogP contribution in [0.25, 0.3) is 10.8 Å². The van der Waals surface area contributed by atoms with Crippen LogP contribution in [0.1, 0.15) is 13.3 Å². The summed E-state index contributed by atoms with van der Waals surface area (Å²) in [7, 11) is 0. The van der Waals surface area contributed by atoms with Crippen LogP contribution >= 0.6 is 0 Å². The molecule has 19 heavy (non-hydrogen) atoms. The molecule has 3 heteroatoms. The summed E-state index contributed by atoms with van der Waals surface area (Å²) in [6, 6.07) is 12.0. The lowest BCUT2D eigenvalue weighted by Crippen LogP contribution is -2.26. The molecule has 1 fully saturated rings. The number of fused-ring (bicyclic) bond motifs is 1. The molecule has 0 aliphatic carbocycles. The fraction of sp³-hybridized carbons (Fsp3) is 0.375. The third kappa shape index (κ3) is 2.38. The molecule has 2 aromatic carbocycles. The van der Waals surface area contributed by atoms with Crippen LogP contribution in [0, 0.1) is 5.92 Å². The molecular weight excluding hydrogens is 238 g/mol. The number of hydrogen-bond acceptors (Lipinski definition) is 3. The zero-order chi connectivity index (χ0) is 13.2.